The summed E-state index contributed by atoms with van der Waals surface area (Å²) < 4.78 is 93.0. The van der Waals surface area contributed by atoms with Crippen molar-refractivity contribution in [3.8, 4) is 0 Å². The van der Waals surface area contributed by atoms with E-state index in [-0.39, 0.29) is 35.1 Å². The van der Waals surface area contributed by atoms with E-state index in [1.807, 2.05) is 0 Å². The van der Waals surface area contributed by atoms with Gasteiger partial charge in [0.25, 0.3) is 0 Å². The van der Waals surface area contributed by atoms with Crippen LogP contribution in [0.4, 0.5) is 36.4 Å². The fraction of sp³-hybridized carbons (Fsp3) is 0.391. The number of primary amides is 1. The maximum atomic E-state index is 14.4. The lowest BCUT2D eigenvalue weighted by Crippen LogP contribution is -2.50. The molecule has 0 spiro atoms. The van der Waals surface area contributed by atoms with Gasteiger partial charge in [-0.1, -0.05) is 24.3 Å². The maximum absolute atomic E-state index is 14.4. The Kier molecular flexibility index (Phi) is 8.00. The van der Waals surface area contributed by atoms with Crippen molar-refractivity contribution in [2.75, 3.05) is 11.9 Å². The summed E-state index contributed by atoms with van der Waals surface area (Å²) >= 11 is 0. The van der Waals surface area contributed by atoms with Crippen molar-refractivity contribution in [1.82, 2.24) is 0 Å². The second-order valence-corrected chi connectivity index (χ2v) is 7.92. The Morgan fingerprint density at radius 3 is 1.97 bits per heavy atom. The van der Waals surface area contributed by atoms with E-state index in [1.54, 1.807) is 12.1 Å². The van der Waals surface area contributed by atoms with E-state index in [2.05, 4.69) is 5.32 Å². The summed E-state index contributed by atoms with van der Waals surface area (Å²) in [6.07, 6.45) is -12.1. The van der Waals surface area contributed by atoms with Gasteiger partial charge < -0.3 is 11.1 Å². The van der Waals surface area contributed by atoms with E-state index in [4.69, 9.17) is 5.73 Å². The summed E-state index contributed by atoms with van der Waals surface area (Å²) in [4.78, 5) is 23.5. The number of Topliss-reactive ketones (excluding diaryl/α,β-unsaturated/α-hetero) is 1. The minimum absolute atomic E-state index is 0.0698. The molecule has 186 valence electrons. The van der Waals surface area contributed by atoms with Crippen LogP contribution in [0.15, 0.2) is 36.4 Å². The van der Waals surface area contributed by atoms with Crippen molar-refractivity contribution in [1.29, 1.82) is 0 Å². The highest BCUT2D eigenvalue weighted by Gasteiger charge is 2.73. The molecule has 2 aromatic carbocycles. The minimum atomic E-state index is -6.22. The molecule has 0 saturated heterocycles. The van der Waals surface area contributed by atoms with Crippen molar-refractivity contribution in [3.05, 3.63) is 64.2 Å². The van der Waals surface area contributed by atoms with Gasteiger partial charge in [0.15, 0.2) is 5.78 Å². The Hall–Kier alpha value is -3.11. The number of aryl methyl sites for hydroxylation is 2. The molecule has 0 aliphatic carbocycles. The summed E-state index contributed by atoms with van der Waals surface area (Å²) in [7, 11) is 0. The number of hydrogen-bond donors (Lipinski definition) is 2. The van der Waals surface area contributed by atoms with Gasteiger partial charge in [-0.2, -0.15) is 26.3 Å². The molecular weight excluding hydrogens is 469 g/mol. The van der Waals surface area contributed by atoms with Gasteiger partial charge in [0, 0.05) is 36.2 Å². The van der Waals surface area contributed by atoms with Gasteiger partial charge in [-0.05, 0) is 49.1 Å². The average molecular weight is 492 g/mol. The molecule has 2 rings (SSSR count). The van der Waals surface area contributed by atoms with Crippen LogP contribution in [0.5, 0.6) is 0 Å². The Morgan fingerprint density at radius 1 is 0.912 bits per heavy atom. The van der Waals surface area contributed by atoms with Crippen molar-refractivity contribution in [3.63, 3.8) is 0 Å². The number of benzene rings is 2. The van der Waals surface area contributed by atoms with E-state index in [0.29, 0.717) is 30.8 Å². The third-order valence-electron chi connectivity index (χ3n) is 5.33. The molecule has 0 atom stereocenters. The molecule has 0 radical (unpaired) electrons. The quantitative estimate of drug-likeness (QED) is 0.268. The van der Waals surface area contributed by atoms with Crippen LogP contribution in [0.2, 0.25) is 0 Å². The van der Waals surface area contributed by atoms with Crippen LogP contribution in [0.25, 0.3) is 0 Å². The van der Waals surface area contributed by atoms with Crippen LogP contribution >= 0.6 is 0 Å². The summed E-state index contributed by atoms with van der Waals surface area (Å²) in [5, 5.41) is 3.02. The van der Waals surface area contributed by atoms with E-state index in [1.165, 1.54) is 26.0 Å². The summed E-state index contributed by atoms with van der Waals surface area (Å²) in [5.74, 6) is -0.879. The number of anilines is 1. The number of nitrogens with two attached hydrogens (primary N) is 1. The largest absolute Gasteiger partial charge is 0.435 e. The second kappa shape index (κ2) is 10.0. The number of rotatable bonds is 9. The number of alkyl halides is 7. The third-order valence-corrected chi connectivity index (χ3v) is 5.33. The van der Waals surface area contributed by atoms with Gasteiger partial charge in [-0.15, -0.1) is 0 Å². The Balaban J connectivity index is 2.28. The highest BCUT2D eigenvalue weighted by atomic mass is 19.4. The van der Waals surface area contributed by atoms with Gasteiger partial charge in [-0.25, -0.2) is 4.39 Å². The lowest BCUT2D eigenvalue weighted by molar-refractivity contribution is -0.348. The molecule has 4 nitrogen and oxygen atoms in total. The monoisotopic (exact) mass is 492 g/mol. The fourth-order valence-corrected chi connectivity index (χ4v) is 3.52. The number of carbonyl (C=O) groups is 2. The van der Waals surface area contributed by atoms with Crippen LogP contribution in [0.1, 0.15) is 45.5 Å². The Morgan fingerprint density at radius 2 is 1.47 bits per heavy atom. The molecule has 0 aliphatic rings. The van der Waals surface area contributed by atoms with Crippen LogP contribution in [0, 0.1) is 13.8 Å². The van der Waals surface area contributed by atoms with E-state index in [9.17, 15) is 40.3 Å². The molecule has 2 aromatic rings. The molecular formula is C23H23F7N2O2. The molecule has 3 N–H and O–H groups in total. The second-order valence-electron chi connectivity index (χ2n) is 7.92. The van der Waals surface area contributed by atoms with Crippen LogP contribution in [-0.4, -0.2) is 30.6 Å². The van der Waals surface area contributed by atoms with Crippen molar-refractivity contribution >= 4 is 17.4 Å². The molecule has 0 saturated carbocycles. The topological polar surface area (TPSA) is 72.2 Å². The Bertz CT molecular complexity index is 1030. The van der Waals surface area contributed by atoms with E-state index < -0.39 is 35.3 Å². The normalized spacial score (nSPS) is 12.5. The predicted molar refractivity (Wildman–Crippen MR) is 112 cm³/mol. The van der Waals surface area contributed by atoms with Crippen molar-refractivity contribution < 1.29 is 40.3 Å². The lowest BCUT2D eigenvalue weighted by atomic mass is 9.87. The number of nitrogens with one attached hydrogen (secondary N) is 1. The first-order chi connectivity index (χ1) is 15.6. The zero-order chi connectivity index (χ0) is 25.9. The number of carbonyl (C=O) groups excluding carboxylic acids is 2. The van der Waals surface area contributed by atoms with E-state index >= 15 is 0 Å². The third kappa shape index (κ3) is 5.87. The molecule has 0 fully saturated rings. The predicted octanol–water partition coefficient (Wildman–Crippen LogP) is 5.70. The smallest absolute Gasteiger partial charge is 0.385 e. The number of ketones is 1. The van der Waals surface area contributed by atoms with Crippen molar-refractivity contribution in [2.24, 2.45) is 5.73 Å². The van der Waals surface area contributed by atoms with Crippen LogP contribution in [0.3, 0.4) is 0 Å². The molecule has 0 bridgehead atoms. The van der Waals surface area contributed by atoms with Gasteiger partial charge in [-0.3, -0.25) is 9.59 Å². The first kappa shape index (κ1) is 27.1. The molecule has 0 aromatic heterocycles. The molecule has 0 unspecified atom stereocenters. The average Bonchev–Trinajstić information content (AvgIpc) is 2.71. The van der Waals surface area contributed by atoms with Gasteiger partial charge in [0.1, 0.15) is 0 Å². The standard InChI is InChI=1S/C23H23F7N2O2/c1-13-9-16(21(24,22(25,26)27)23(28,29)30)10-14(2)18(13)12-19(33)15-5-3-6-17(11-15)32-8-4-7-20(31)34/h3,5-6,9-11,32H,4,7-8,12H2,1-2H3,(H2,31,34). The molecule has 0 aliphatic heterocycles. The molecule has 11 heteroatoms. The SMILES string of the molecule is Cc1cc(C(F)(C(F)(F)F)C(F)(F)F)cc(C)c1CC(=O)c1cccc(NCCCC(N)=O)c1. The number of halogens is 7. The summed E-state index contributed by atoms with van der Waals surface area (Å²) in [6, 6.07) is 7.28. The Labute approximate surface area is 191 Å². The zero-order valence-corrected chi connectivity index (χ0v) is 18.3. The van der Waals surface area contributed by atoms with Crippen LogP contribution in [-0.2, 0) is 16.9 Å². The highest BCUT2D eigenvalue weighted by Crippen LogP contribution is 2.53. The van der Waals surface area contributed by atoms with Crippen molar-refractivity contribution in [2.45, 2.75) is 51.1 Å². The number of hydrogen-bond acceptors (Lipinski definition) is 3. The summed E-state index contributed by atoms with van der Waals surface area (Å²) in [5.41, 5.74) is -1.15. The number of amides is 1. The maximum Gasteiger partial charge on any atom is 0.435 e. The molecule has 1 amide bonds. The summed E-state index contributed by atoms with van der Waals surface area (Å²) in [6.45, 7) is 2.87. The first-order valence-corrected chi connectivity index (χ1v) is 10.2. The van der Waals surface area contributed by atoms with Crippen LogP contribution < -0.4 is 11.1 Å². The fourth-order valence-electron chi connectivity index (χ4n) is 3.52. The lowest BCUT2D eigenvalue weighted by Gasteiger charge is -2.31. The van der Waals surface area contributed by atoms with Gasteiger partial charge in [0.05, 0.1) is 0 Å². The van der Waals surface area contributed by atoms with Gasteiger partial charge >= 0.3 is 18.0 Å². The molecule has 34 heavy (non-hydrogen) atoms. The van der Waals surface area contributed by atoms with E-state index in [0.717, 1.165) is 0 Å². The minimum Gasteiger partial charge on any atom is -0.385 e. The van der Waals surface area contributed by atoms with Gasteiger partial charge in [0.2, 0.25) is 5.91 Å². The zero-order valence-electron chi connectivity index (χ0n) is 18.3. The first-order valence-electron chi connectivity index (χ1n) is 10.2. The highest BCUT2D eigenvalue weighted by molar-refractivity contribution is 5.98. The molecule has 0 heterocycles.